The number of alkyl halides is 1. The zero-order valence-corrected chi connectivity index (χ0v) is 13.4. The highest BCUT2D eigenvalue weighted by atomic mass is 35.5. The van der Waals surface area contributed by atoms with Gasteiger partial charge in [-0.25, -0.2) is 4.98 Å². The summed E-state index contributed by atoms with van der Waals surface area (Å²) in [7, 11) is 0. The molecule has 1 aliphatic rings. The maximum atomic E-state index is 6.35. The van der Waals surface area contributed by atoms with E-state index in [1.807, 2.05) is 25.1 Å². The van der Waals surface area contributed by atoms with Gasteiger partial charge in [0.25, 0.3) is 0 Å². The Morgan fingerprint density at radius 1 is 1.50 bits per heavy atom. The molecule has 3 nitrogen and oxygen atoms in total. The lowest BCUT2D eigenvalue weighted by Crippen LogP contribution is -2.38. The molecule has 0 saturated carbocycles. The van der Waals surface area contributed by atoms with Gasteiger partial charge in [0.15, 0.2) is 0 Å². The molecule has 3 atom stereocenters. The molecule has 3 unspecified atom stereocenters. The molecule has 0 radical (unpaired) electrons. The van der Waals surface area contributed by atoms with Crippen molar-refractivity contribution < 1.29 is 4.74 Å². The van der Waals surface area contributed by atoms with Crippen molar-refractivity contribution in [3.8, 4) is 0 Å². The fourth-order valence-electron chi connectivity index (χ4n) is 3.01. The molecule has 1 aromatic carbocycles. The van der Waals surface area contributed by atoms with Crippen LogP contribution in [0.1, 0.15) is 38.4 Å². The molecule has 2 aromatic rings. The number of fused-ring (bicyclic) bond motifs is 1. The lowest BCUT2D eigenvalue weighted by molar-refractivity contribution is 0.0763. The SMILES string of the molecule is CC(Cl)c1nc2c(Cl)cccc2n1C1(C)CCOC1C. The largest absolute Gasteiger partial charge is 0.376 e. The van der Waals surface area contributed by atoms with Crippen LogP contribution in [-0.2, 0) is 10.3 Å². The molecule has 1 aliphatic heterocycles. The third-order valence-electron chi connectivity index (χ3n) is 4.38. The molecule has 0 N–H and O–H groups in total. The van der Waals surface area contributed by atoms with Gasteiger partial charge < -0.3 is 9.30 Å². The van der Waals surface area contributed by atoms with Gasteiger partial charge >= 0.3 is 0 Å². The number of imidazole rings is 1. The van der Waals surface area contributed by atoms with Gasteiger partial charge in [-0.3, -0.25) is 0 Å². The van der Waals surface area contributed by atoms with Crippen LogP contribution in [0.4, 0.5) is 0 Å². The average molecular weight is 313 g/mol. The van der Waals surface area contributed by atoms with E-state index in [4.69, 9.17) is 27.9 Å². The predicted molar refractivity (Wildman–Crippen MR) is 82.7 cm³/mol. The third-order valence-corrected chi connectivity index (χ3v) is 4.88. The second kappa shape index (κ2) is 4.90. The quantitative estimate of drug-likeness (QED) is 0.763. The lowest BCUT2D eigenvalue weighted by Gasteiger charge is -2.32. The Bertz CT molecular complexity index is 653. The van der Waals surface area contributed by atoms with Crippen LogP contribution in [0.25, 0.3) is 11.0 Å². The molecule has 0 bridgehead atoms. The molecule has 5 heteroatoms. The van der Waals surface area contributed by atoms with Crippen molar-refractivity contribution in [2.24, 2.45) is 0 Å². The number of para-hydroxylation sites is 1. The number of ether oxygens (including phenoxy) is 1. The number of nitrogens with zero attached hydrogens (tertiary/aromatic N) is 2. The Labute approximate surface area is 128 Å². The number of aromatic nitrogens is 2. The van der Waals surface area contributed by atoms with Crippen LogP contribution in [0.15, 0.2) is 18.2 Å². The Morgan fingerprint density at radius 3 is 2.85 bits per heavy atom. The molecule has 0 aliphatic carbocycles. The van der Waals surface area contributed by atoms with Crippen molar-refractivity contribution >= 4 is 34.2 Å². The van der Waals surface area contributed by atoms with Gasteiger partial charge in [0.05, 0.1) is 27.6 Å². The van der Waals surface area contributed by atoms with Crippen LogP contribution in [0.3, 0.4) is 0 Å². The van der Waals surface area contributed by atoms with Crippen LogP contribution in [0, 0.1) is 0 Å². The number of benzene rings is 1. The zero-order valence-electron chi connectivity index (χ0n) is 11.9. The predicted octanol–water partition coefficient (Wildman–Crippen LogP) is 4.51. The summed E-state index contributed by atoms with van der Waals surface area (Å²) in [6.45, 7) is 7.01. The standard InChI is InChI=1S/C15H18Cl2N2O/c1-9(16)14-18-13-11(17)5-4-6-12(13)19(14)15(3)7-8-20-10(15)2/h4-6,9-10H,7-8H2,1-3H3. The Morgan fingerprint density at radius 2 is 2.25 bits per heavy atom. The Hall–Kier alpha value is -0.770. The topological polar surface area (TPSA) is 27.1 Å². The summed E-state index contributed by atoms with van der Waals surface area (Å²) < 4.78 is 8.01. The van der Waals surface area contributed by atoms with E-state index in [1.54, 1.807) is 0 Å². The first-order chi connectivity index (χ1) is 9.45. The van der Waals surface area contributed by atoms with Crippen molar-refractivity contribution in [3.63, 3.8) is 0 Å². The smallest absolute Gasteiger partial charge is 0.128 e. The van der Waals surface area contributed by atoms with Gasteiger partial charge in [-0.05, 0) is 39.3 Å². The third kappa shape index (κ3) is 1.95. The summed E-state index contributed by atoms with van der Waals surface area (Å²) in [4.78, 5) is 4.68. The summed E-state index contributed by atoms with van der Waals surface area (Å²) in [5, 5.41) is 0.484. The van der Waals surface area contributed by atoms with Gasteiger partial charge in [0, 0.05) is 6.61 Å². The van der Waals surface area contributed by atoms with E-state index in [0.29, 0.717) is 5.02 Å². The van der Waals surface area contributed by atoms with Crippen LogP contribution in [0.5, 0.6) is 0 Å². The van der Waals surface area contributed by atoms with Crippen LogP contribution in [-0.4, -0.2) is 22.3 Å². The van der Waals surface area contributed by atoms with Gasteiger partial charge in [-0.1, -0.05) is 17.7 Å². The van der Waals surface area contributed by atoms with Crippen molar-refractivity contribution in [1.82, 2.24) is 9.55 Å². The van der Waals surface area contributed by atoms with E-state index < -0.39 is 0 Å². The van der Waals surface area contributed by atoms with E-state index in [9.17, 15) is 0 Å². The number of hydrogen-bond acceptors (Lipinski definition) is 2. The lowest BCUT2D eigenvalue weighted by atomic mass is 9.93. The van der Waals surface area contributed by atoms with Crippen LogP contribution >= 0.6 is 23.2 Å². The van der Waals surface area contributed by atoms with Gasteiger partial charge in [0.1, 0.15) is 11.3 Å². The molecule has 20 heavy (non-hydrogen) atoms. The molecule has 3 rings (SSSR count). The van der Waals surface area contributed by atoms with Crippen molar-refractivity contribution in [2.45, 2.75) is 44.2 Å². The molecule has 0 amide bonds. The number of halogens is 2. The monoisotopic (exact) mass is 312 g/mol. The highest BCUT2D eigenvalue weighted by molar-refractivity contribution is 6.35. The first-order valence-electron chi connectivity index (χ1n) is 6.88. The maximum Gasteiger partial charge on any atom is 0.128 e. The second-order valence-electron chi connectivity index (χ2n) is 5.65. The number of rotatable bonds is 2. The highest BCUT2D eigenvalue weighted by Gasteiger charge is 2.41. The van der Waals surface area contributed by atoms with Gasteiger partial charge in [-0.2, -0.15) is 0 Å². The summed E-state index contributed by atoms with van der Waals surface area (Å²) in [6, 6.07) is 5.86. The van der Waals surface area contributed by atoms with Gasteiger partial charge in [0.2, 0.25) is 0 Å². The minimum Gasteiger partial charge on any atom is -0.376 e. The van der Waals surface area contributed by atoms with E-state index in [-0.39, 0.29) is 17.0 Å². The molecule has 1 saturated heterocycles. The molecule has 108 valence electrons. The van der Waals surface area contributed by atoms with Crippen molar-refractivity contribution in [3.05, 3.63) is 29.0 Å². The van der Waals surface area contributed by atoms with E-state index in [1.165, 1.54) is 0 Å². The summed E-state index contributed by atoms with van der Waals surface area (Å²) in [6.07, 6.45) is 1.07. The second-order valence-corrected chi connectivity index (χ2v) is 6.71. The summed E-state index contributed by atoms with van der Waals surface area (Å²) >= 11 is 12.6. The van der Waals surface area contributed by atoms with Gasteiger partial charge in [-0.15, -0.1) is 11.6 Å². The molecule has 0 spiro atoms. The van der Waals surface area contributed by atoms with E-state index in [0.717, 1.165) is 29.9 Å². The molecule has 2 heterocycles. The first kappa shape index (κ1) is 14.2. The molecular formula is C15H18Cl2N2O. The molecule has 1 aromatic heterocycles. The Kier molecular flexibility index (Phi) is 3.47. The van der Waals surface area contributed by atoms with Crippen LogP contribution in [0.2, 0.25) is 5.02 Å². The van der Waals surface area contributed by atoms with E-state index in [2.05, 4.69) is 23.4 Å². The maximum absolute atomic E-state index is 6.35. The normalized spacial score (nSPS) is 28.1. The zero-order chi connectivity index (χ0) is 14.5. The van der Waals surface area contributed by atoms with Crippen molar-refractivity contribution in [2.75, 3.05) is 6.61 Å². The van der Waals surface area contributed by atoms with Crippen LogP contribution < -0.4 is 0 Å². The number of hydrogen-bond donors (Lipinski definition) is 0. The minimum atomic E-state index is -0.178. The molecular weight excluding hydrogens is 295 g/mol. The van der Waals surface area contributed by atoms with E-state index >= 15 is 0 Å². The Balaban J connectivity index is 2.33. The molecule has 1 fully saturated rings. The first-order valence-corrected chi connectivity index (χ1v) is 7.69. The summed E-state index contributed by atoms with van der Waals surface area (Å²) in [5.74, 6) is 0.856. The minimum absolute atomic E-state index is 0.119. The summed E-state index contributed by atoms with van der Waals surface area (Å²) in [5.41, 5.74) is 1.70. The fraction of sp³-hybridized carbons (Fsp3) is 0.533. The highest BCUT2D eigenvalue weighted by Crippen LogP contribution is 2.40. The van der Waals surface area contributed by atoms with Crippen molar-refractivity contribution in [1.29, 1.82) is 0 Å². The average Bonchev–Trinajstić information content (AvgIpc) is 2.93. The fourth-order valence-corrected chi connectivity index (χ4v) is 3.36.